The molecule has 1 aromatic carbocycles. The molecule has 1 heterocycles. The molecule has 29 heavy (non-hydrogen) atoms. The molecule has 3 aliphatic rings. The van der Waals surface area contributed by atoms with E-state index in [4.69, 9.17) is 4.74 Å². The zero-order chi connectivity index (χ0) is 20.6. The van der Waals surface area contributed by atoms with Crippen molar-refractivity contribution in [3.8, 4) is 0 Å². The van der Waals surface area contributed by atoms with Crippen molar-refractivity contribution in [2.24, 2.45) is 17.8 Å². The molecule has 4 atom stereocenters. The van der Waals surface area contributed by atoms with Crippen LogP contribution in [0.3, 0.4) is 0 Å². The van der Waals surface area contributed by atoms with Crippen molar-refractivity contribution in [2.45, 2.75) is 54.5 Å². The number of thioether (sulfide) groups is 1. The van der Waals surface area contributed by atoms with Crippen molar-refractivity contribution < 1.29 is 17.9 Å². The Balaban J connectivity index is 1.46. The predicted molar refractivity (Wildman–Crippen MR) is 113 cm³/mol. The fourth-order valence-corrected chi connectivity index (χ4v) is 6.57. The summed E-state index contributed by atoms with van der Waals surface area (Å²) in [4.78, 5) is 13.1. The van der Waals surface area contributed by atoms with Crippen LogP contribution in [-0.4, -0.2) is 56.7 Å². The Hall–Kier alpha value is -1.09. The first-order chi connectivity index (χ1) is 13.9. The number of nitrogens with one attached hydrogen (secondary N) is 1. The summed E-state index contributed by atoms with van der Waals surface area (Å²) in [5.41, 5.74) is 0. The highest BCUT2D eigenvalue weighted by atomic mass is 32.2. The lowest BCUT2D eigenvalue weighted by atomic mass is 9.77. The molecule has 160 valence electrons. The van der Waals surface area contributed by atoms with Crippen LogP contribution in [0.4, 0.5) is 0 Å². The summed E-state index contributed by atoms with van der Waals surface area (Å²) in [6, 6.07) is 7.08. The molecule has 0 unspecified atom stereocenters. The number of hydrogen-bond donors (Lipinski definition) is 1. The van der Waals surface area contributed by atoms with Gasteiger partial charge in [0.05, 0.1) is 17.0 Å². The largest absolute Gasteiger partial charge is 0.376 e. The van der Waals surface area contributed by atoms with Gasteiger partial charge >= 0.3 is 0 Å². The molecule has 1 amide bonds. The van der Waals surface area contributed by atoms with Crippen LogP contribution in [0.1, 0.15) is 32.6 Å². The first kappa shape index (κ1) is 21.2. The zero-order valence-electron chi connectivity index (χ0n) is 17.0. The molecule has 1 saturated heterocycles. The molecule has 0 bridgehead atoms. The van der Waals surface area contributed by atoms with Gasteiger partial charge in [-0.15, -0.1) is 11.8 Å². The predicted octanol–water partition coefficient (Wildman–Crippen LogP) is 2.74. The van der Waals surface area contributed by atoms with E-state index in [1.165, 1.54) is 19.8 Å². The fourth-order valence-electron chi connectivity index (χ4n) is 4.60. The third-order valence-corrected chi connectivity index (χ3v) is 9.00. The second-order valence-electron chi connectivity index (χ2n) is 8.61. The minimum absolute atomic E-state index is 0.0238. The van der Waals surface area contributed by atoms with Crippen molar-refractivity contribution in [3.63, 3.8) is 0 Å². The quantitative estimate of drug-likeness (QED) is 0.663. The lowest BCUT2D eigenvalue weighted by molar-refractivity contribution is -0.122. The number of nitrogens with zero attached hydrogens (tertiary/aromatic N) is 1. The van der Waals surface area contributed by atoms with Gasteiger partial charge in [-0.05, 0) is 74.0 Å². The highest BCUT2D eigenvalue weighted by Crippen LogP contribution is 2.40. The van der Waals surface area contributed by atoms with Crippen molar-refractivity contribution in [3.05, 3.63) is 24.3 Å². The highest BCUT2D eigenvalue weighted by Gasteiger charge is 2.46. The summed E-state index contributed by atoms with van der Waals surface area (Å²) in [6.45, 7) is 3.34. The molecule has 3 fully saturated rings. The molecule has 2 aliphatic carbocycles. The fraction of sp³-hybridized carbons (Fsp3) is 0.667. The average molecular weight is 439 g/mol. The molecular formula is C21H30N2O4S2. The van der Waals surface area contributed by atoms with Crippen molar-refractivity contribution in [1.82, 2.24) is 9.62 Å². The lowest BCUT2D eigenvalue weighted by Crippen LogP contribution is -2.50. The van der Waals surface area contributed by atoms with Crippen molar-refractivity contribution >= 4 is 27.7 Å². The number of fused-ring (bicyclic) bond motifs is 1. The summed E-state index contributed by atoms with van der Waals surface area (Å²) in [7, 11) is -3.50. The van der Waals surface area contributed by atoms with E-state index in [9.17, 15) is 13.2 Å². The van der Waals surface area contributed by atoms with Crippen LogP contribution in [0, 0.1) is 17.8 Å². The molecular weight excluding hydrogens is 408 g/mol. The van der Waals surface area contributed by atoms with E-state index in [1.807, 2.05) is 18.4 Å². The Labute approximate surface area is 177 Å². The Morgan fingerprint density at radius 2 is 1.83 bits per heavy atom. The Morgan fingerprint density at radius 1 is 1.17 bits per heavy atom. The standard InChI is InChI=1S/C21H30N2O4S2/c1-14(24)22-20-9-16-11-23(12-17(16)10-21(20)27-13-15-3-4-15)29(25,26)19-7-5-18(28-2)6-8-19/h5-8,15-17,20-21H,3-4,9-13H2,1-2H3,(H,22,24)/t16-,17+,20-,21-/m1/s1. The van der Waals surface area contributed by atoms with Crippen molar-refractivity contribution in [2.75, 3.05) is 26.0 Å². The van der Waals surface area contributed by atoms with Gasteiger partial charge in [-0.3, -0.25) is 4.79 Å². The highest BCUT2D eigenvalue weighted by molar-refractivity contribution is 7.98. The van der Waals surface area contributed by atoms with E-state index in [0.29, 0.717) is 23.9 Å². The molecule has 0 aromatic heterocycles. The lowest BCUT2D eigenvalue weighted by Gasteiger charge is -2.38. The smallest absolute Gasteiger partial charge is 0.243 e. The molecule has 1 aliphatic heterocycles. The molecule has 6 nitrogen and oxygen atoms in total. The monoisotopic (exact) mass is 438 g/mol. The number of carbonyl (C=O) groups is 1. The molecule has 0 spiro atoms. The summed E-state index contributed by atoms with van der Waals surface area (Å²) >= 11 is 1.60. The minimum atomic E-state index is -3.50. The van der Waals surface area contributed by atoms with Crippen LogP contribution >= 0.6 is 11.8 Å². The van der Waals surface area contributed by atoms with Crippen LogP contribution in [0.25, 0.3) is 0 Å². The van der Waals surface area contributed by atoms with E-state index in [-0.39, 0.29) is 29.9 Å². The number of benzene rings is 1. The van der Waals surface area contributed by atoms with Gasteiger partial charge in [0.2, 0.25) is 15.9 Å². The Morgan fingerprint density at radius 3 is 2.41 bits per heavy atom. The van der Waals surface area contributed by atoms with E-state index in [0.717, 1.165) is 24.3 Å². The number of hydrogen-bond acceptors (Lipinski definition) is 5. The van der Waals surface area contributed by atoms with Gasteiger partial charge in [-0.2, -0.15) is 4.31 Å². The number of sulfonamides is 1. The van der Waals surface area contributed by atoms with E-state index in [1.54, 1.807) is 28.2 Å². The summed E-state index contributed by atoms with van der Waals surface area (Å²) in [5.74, 6) is 1.15. The topological polar surface area (TPSA) is 75.7 Å². The van der Waals surface area contributed by atoms with Crippen LogP contribution in [-0.2, 0) is 19.6 Å². The maximum atomic E-state index is 13.2. The van der Waals surface area contributed by atoms with Gasteiger partial charge in [-0.25, -0.2) is 8.42 Å². The minimum Gasteiger partial charge on any atom is -0.376 e. The maximum absolute atomic E-state index is 13.2. The van der Waals surface area contributed by atoms with Gasteiger partial charge in [0.15, 0.2) is 0 Å². The average Bonchev–Trinajstić information content (AvgIpc) is 3.43. The summed E-state index contributed by atoms with van der Waals surface area (Å²) in [6.07, 6.45) is 5.98. The number of amides is 1. The van der Waals surface area contributed by atoms with Gasteiger partial charge < -0.3 is 10.1 Å². The third kappa shape index (κ3) is 4.81. The van der Waals surface area contributed by atoms with Crippen LogP contribution in [0.2, 0.25) is 0 Å². The van der Waals surface area contributed by atoms with Crippen LogP contribution in [0.5, 0.6) is 0 Å². The molecule has 1 aromatic rings. The Kier molecular flexibility index (Phi) is 6.25. The first-order valence-corrected chi connectivity index (χ1v) is 13.1. The number of carbonyl (C=O) groups excluding carboxylic acids is 1. The second-order valence-corrected chi connectivity index (χ2v) is 11.4. The van der Waals surface area contributed by atoms with Gasteiger partial charge in [0, 0.05) is 31.5 Å². The van der Waals surface area contributed by atoms with Gasteiger partial charge in [-0.1, -0.05) is 0 Å². The first-order valence-electron chi connectivity index (χ1n) is 10.4. The van der Waals surface area contributed by atoms with E-state index in [2.05, 4.69) is 5.32 Å². The van der Waals surface area contributed by atoms with Gasteiger partial charge in [0.1, 0.15) is 0 Å². The molecule has 8 heteroatoms. The molecule has 1 N–H and O–H groups in total. The SMILES string of the molecule is CSc1ccc(S(=O)(=O)N2C[C@H]3C[C@@H](NC(C)=O)[C@H](OCC4CC4)C[C@H]3C2)cc1. The molecule has 0 radical (unpaired) electrons. The third-order valence-electron chi connectivity index (χ3n) is 6.41. The number of ether oxygens (including phenoxy) is 1. The number of rotatable bonds is 7. The normalized spacial score (nSPS) is 30.1. The van der Waals surface area contributed by atoms with Gasteiger partial charge in [0.25, 0.3) is 0 Å². The molecule has 2 saturated carbocycles. The van der Waals surface area contributed by atoms with Crippen LogP contribution < -0.4 is 5.32 Å². The summed E-state index contributed by atoms with van der Waals surface area (Å²) < 4.78 is 34.1. The Bertz CT molecular complexity index is 839. The van der Waals surface area contributed by atoms with Crippen molar-refractivity contribution in [1.29, 1.82) is 0 Å². The van der Waals surface area contributed by atoms with Crippen LogP contribution in [0.15, 0.2) is 34.1 Å². The molecule has 4 rings (SSSR count). The van der Waals surface area contributed by atoms with E-state index >= 15 is 0 Å². The maximum Gasteiger partial charge on any atom is 0.243 e. The zero-order valence-corrected chi connectivity index (χ0v) is 18.7. The second kappa shape index (κ2) is 8.57. The van der Waals surface area contributed by atoms with E-state index < -0.39 is 10.0 Å². The summed E-state index contributed by atoms with van der Waals surface area (Å²) in [5, 5.41) is 3.05.